The van der Waals surface area contributed by atoms with Crippen molar-refractivity contribution >= 4 is 27.5 Å². The molecule has 0 saturated carbocycles. The molecule has 162 valence electrons. The highest BCUT2D eigenvalue weighted by atomic mass is 35.5. The molecule has 0 spiro atoms. The predicted molar refractivity (Wildman–Crippen MR) is 117 cm³/mol. The van der Waals surface area contributed by atoms with Crippen LogP contribution in [0.25, 0.3) is 0 Å². The molecule has 2 aromatic rings. The second kappa shape index (κ2) is 10.8. The summed E-state index contributed by atoms with van der Waals surface area (Å²) in [5.74, 6) is 0.632. The summed E-state index contributed by atoms with van der Waals surface area (Å²) in [6, 6.07) is 13.9. The molecule has 8 heteroatoms. The molecule has 1 heterocycles. The number of hydrogen-bond donors (Lipinski definition) is 1. The fraction of sp³-hybridized carbons (Fsp3) is 0.409. The van der Waals surface area contributed by atoms with Gasteiger partial charge in [-0.1, -0.05) is 30.2 Å². The first-order valence-corrected chi connectivity index (χ1v) is 12.0. The predicted octanol–water partition coefficient (Wildman–Crippen LogP) is 3.64. The number of nitrogens with zero attached hydrogens (tertiary/aromatic N) is 1. The highest BCUT2D eigenvalue weighted by molar-refractivity contribution is 7.89. The van der Waals surface area contributed by atoms with Crippen LogP contribution < -0.4 is 10.1 Å². The van der Waals surface area contributed by atoms with E-state index in [9.17, 15) is 13.2 Å². The van der Waals surface area contributed by atoms with Crippen molar-refractivity contribution in [1.29, 1.82) is 0 Å². The third kappa shape index (κ3) is 6.45. The molecule has 1 aliphatic heterocycles. The molecule has 1 N–H and O–H groups in total. The van der Waals surface area contributed by atoms with Crippen LogP contribution in [-0.4, -0.2) is 44.9 Å². The van der Waals surface area contributed by atoms with E-state index >= 15 is 0 Å². The largest absolute Gasteiger partial charge is 0.492 e. The average molecular weight is 451 g/mol. The Morgan fingerprint density at radius 2 is 1.67 bits per heavy atom. The Morgan fingerprint density at radius 3 is 2.33 bits per heavy atom. The minimum absolute atomic E-state index is 0.0697. The molecule has 30 heavy (non-hydrogen) atoms. The molecule has 1 fully saturated rings. The quantitative estimate of drug-likeness (QED) is 0.592. The Bertz CT molecular complexity index is 925. The zero-order valence-electron chi connectivity index (χ0n) is 16.8. The van der Waals surface area contributed by atoms with E-state index in [1.807, 2.05) is 0 Å². The zero-order chi connectivity index (χ0) is 21.4. The van der Waals surface area contributed by atoms with Gasteiger partial charge in [0.2, 0.25) is 15.9 Å². The SMILES string of the molecule is O=C(CCc1ccc(S(=O)(=O)N2CCCCC2)cc1)NCCOc1ccc(Cl)cc1. The number of benzene rings is 2. The molecular formula is C22H27ClN2O4S. The number of rotatable bonds is 9. The Labute approximate surface area is 183 Å². The maximum Gasteiger partial charge on any atom is 0.243 e. The molecule has 0 aromatic heterocycles. The van der Waals surface area contributed by atoms with Crippen molar-refractivity contribution in [2.75, 3.05) is 26.2 Å². The Kier molecular flexibility index (Phi) is 8.13. The molecule has 0 bridgehead atoms. The lowest BCUT2D eigenvalue weighted by Gasteiger charge is -2.25. The van der Waals surface area contributed by atoms with E-state index in [4.69, 9.17) is 16.3 Å². The molecule has 0 aliphatic carbocycles. The standard InChI is InChI=1S/C22H27ClN2O4S/c23-19-7-9-20(10-8-19)29-17-14-24-22(26)13-6-18-4-11-21(12-5-18)30(27,28)25-15-2-1-3-16-25/h4-5,7-12H,1-3,6,13-17H2,(H,24,26). The van der Waals surface area contributed by atoms with Gasteiger partial charge in [0.05, 0.1) is 11.4 Å². The van der Waals surface area contributed by atoms with Crippen LogP contribution in [0.1, 0.15) is 31.2 Å². The van der Waals surface area contributed by atoms with Crippen LogP contribution in [0, 0.1) is 0 Å². The Balaban J connectivity index is 1.40. The number of carbonyl (C=O) groups excluding carboxylic acids is 1. The molecule has 3 rings (SSSR count). The van der Waals surface area contributed by atoms with Crippen molar-refractivity contribution in [2.45, 2.75) is 37.0 Å². The second-order valence-electron chi connectivity index (χ2n) is 7.26. The van der Waals surface area contributed by atoms with Crippen LogP contribution >= 0.6 is 11.6 Å². The third-order valence-electron chi connectivity index (χ3n) is 5.02. The van der Waals surface area contributed by atoms with E-state index in [2.05, 4.69) is 5.32 Å². The van der Waals surface area contributed by atoms with Crippen LogP contribution in [0.3, 0.4) is 0 Å². The van der Waals surface area contributed by atoms with Crippen LogP contribution in [-0.2, 0) is 21.2 Å². The van der Waals surface area contributed by atoms with Gasteiger partial charge in [0.15, 0.2) is 0 Å². The Morgan fingerprint density at radius 1 is 1.00 bits per heavy atom. The fourth-order valence-electron chi connectivity index (χ4n) is 3.32. The van der Waals surface area contributed by atoms with Crippen LogP contribution in [0.2, 0.25) is 5.02 Å². The van der Waals surface area contributed by atoms with Gasteiger partial charge in [-0.05, 0) is 61.2 Å². The summed E-state index contributed by atoms with van der Waals surface area (Å²) in [4.78, 5) is 12.3. The molecule has 0 radical (unpaired) electrons. The average Bonchev–Trinajstić information content (AvgIpc) is 2.77. The number of carbonyl (C=O) groups is 1. The summed E-state index contributed by atoms with van der Waals surface area (Å²) in [5.41, 5.74) is 0.931. The van der Waals surface area contributed by atoms with Crippen molar-refractivity contribution in [3.63, 3.8) is 0 Å². The van der Waals surface area contributed by atoms with Gasteiger partial charge < -0.3 is 10.1 Å². The molecule has 0 unspecified atom stereocenters. The van der Waals surface area contributed by atoms with E-state index in [0.29, 0.717) is 54.8 Å². The van der Waals surface area contributed by atoms with Crippen molar-refractivity contribution in [2.24, 2.45) is 0 Å². The van der Waals surface area contributed by atoms with E-state index in [1.54, 1.807) is 52.8 Å². The minimum atomic E-state index is -3.42. The lowest BCUT2D eigenvalue weighted by Crippen LogP contribution is -2.35. The molecule has 0 atom stereocenters. The molecule has 1 amide bonds. The number of ether oxygens (including phenoxy) is 1. The molecule has 1 saturated heterocycles. The monoisotopic (exact) mass is 450 g/mol. The van der Waals surface area contributed by atoms with E-state index in [0.717, 1.165) is 24.8 Å². The van der Waals surface area contributed by atoms with Crippen molar-refractivity contribution < 1.29 is 17.9 Å². The molecule has 6 nitrogen and oxygen atoms in total. The van der Waals surface area contributed by atoms with Crippen LogP contribution in [0.4, 0.5) is 0 Å². The van der Waals surface area contributed by atoms with E-state index in [1.165, 1.54) is 0 Å². The van der Waals surface area contributed by atoms with Gasteiger partial charge in [-0.25, -0.2) is 8.42 Å². The first kappa shape index (κ1) is 22.6. The van der Waals surface area contributed by atoms with Gasteiger partial charge in [0.25, 0.3) is 0 Å². The maximum absolute atomic E-state index is 12.7. The number of halogens is 1. The summed E-state index contributed by atoms with van der Waals surface area (Å²) in [6.07, 6.45) is 3.79. The number of sulfonamides is 1. The van der Waals surface area contributed by atoms with Crippen LogP contribution in [0.5, 0.6) is 5.75 Å². The first-order valence-electron chi connectivity index (χ1n) is 10.2. The lowest BCUT2D eigenvalue weighted by atomic mass is 10.1. The number of aryl methyl sites for hydroxylation is 1. The molecule has 1 aliphatic rings. The molecular weight excluding hydrogens is 424 g/mol. The highest BCUT2D eigenvalue weighted by Crippen LogP contribution is 2.21. The zero-order valence-corrected chi connectivity index (χ0v) is 18.4. The summed E-state index contributed by atoms with van der Waals surface area (Å²) in [5, 5.41) is 3.47. The first-order chi connectivity index (χ1) is 14.4. The number of hydrogen-bond acceptors (Lipinski definition) is 4. The number of piperidine rings is 1. The maximum atomic E-state index is 12.7. The fourth-order valence-corrected chi connectivity index (χ4v) is 4.96. The van der Waals surface area contributed by atoms with Gasteiger partial charge in [-0.3, -0.25) is 4.79 Å². The normalized spacial score (nSPS) is 15.0. The van der Waals surface area contributed by atoms with Gasteiger partial charge in [0, 0.05) is 24.5 Å². The van der Waals surface area contributed by atoms with Crippen LogP contribution in [0.15, 0.2) is 53.4 Å². The highest BCUT2D eigenvalue weighted by Gasteiger charge is 2.25. The smallest absolute Gasteiger partial charge is 0.243 e. The van der Waals surface area contributed by atoms with Gasteiger partial charge >= 0.3 is 0 Å². The number of amides is 1. The second-order valence-corrected chi connectivity index (χ2v) is 9.64. The van der Waals surface area contributed by atoms with Crippen molar-refractivity contribution in [3.05, 3.63) is 59.1 Å². The summed E-state index contributed by atoms with van der Waals surface area (Å²) in [7, 11) is -3.42. The van der Waals surface area contributed by atoms with Gasteiger partial charge in [-0.15, -0.1) is 0 Å². The van der Waals surface area contributed by atoms with E-state index < -0.39 is 10.0 Å². The van der Waals surface area contributed by atoms with Crippen molar-refractivity contribution in [1.82, 2.24) is 9.62 Å². The topological polar surface area (TPSA) is 75.7 Å². The summed E-state index contributed by atoms with van der Waals surface area (Å²) >= 11 is 5.82. The minimum Gasteiger partial charge on any atom is -0.492 e. The van der Waals surface area contributed by atoms with Gasteiger partial charge in [0.1, 0.15) is 12.4 Å². The Hall–Kier alpha value is -2.09. The number of nitrogens with one attached hydrogen (secondary N) is 1. The van der Waals surface area contributed by atoms with E-state index in [-0.39, 0.29) is 5.91 Å². The van der Waals surface area contributed by atoms with Crippen molar-refractivity contribution in [3.8, 4) is 5.75 Å². The third-order valence-corrected chi connectivity index (χ3v) is 7.19. The lowest BCUT2D eigenvalue weighted by molar-refractivity contribution is -0.121. The van der Waals surface area contributed by atoms with Gasteiger partial charge in [-0.2, -0.15) is 4.31 Å². The summed E-state index contributed by atoms with van der Waals surface area (Å²) < 4.78 is 32.4. The summed E-state index contributed by atoms with van der Waals surface area (Å²) in [6.45, 7) is 1.96. The molecule has 2 aromatic carbocycles.